The summed E-state index contributed by atoms with van der Waals surface area (Å²) < 4.78 is 32.9. The van der Waals surface area contributed by atoms with E-state index in [4.69, 9.17) is 28.1 Å². The molecule has 0 saturated carbocycles. The molecule has 2 heterocycles. The van der Waals surface area contributed by atoms with E-state index in [1.807, 2.05) is 12.1 Å². The van der Waals surface area contributed by atoms with Gasteiger partial charge in [0.25, 0.3) is 0 Å². The maximum absolute atomic E-state index is 12.9. The van der Waals surface area contributed by atoms with Gasteiger partial charge in [-0.3, -0.25) is 4.79 Å². The van der Waals surface area contributed by atoms with Crippen molar-refractivity contribution in [2.75, 3.05) is 35.5 Å². The number of methoxy groups -OCH3 is 5. The number of fused-ring (bicyclic) bond motifs is 1. The lowest BCUT2D eigenvalue weighted by molar-refractivity contribution is 0.306. The molecule has 8 heteroatoms. The molecule has 0 fully saturated rings. The van der Waals surface area contributed by atoms with E-state index in [9.17, 15) is 4.79 Å². The first-order chi connectivity index (χ1) is 14.1. The molecule has 0 bridgehead atoms. The van der Waals surface area contributed by atoms with Crippen LogP contribution in [-0.2, 0) is 12.8 Å². The van der Waals surface area contributed by atoms with Crippen molar-refractivity contribution in [3.05, 3.63) is 45.9 Å². The first kappa shape index (κ1) is 20.3. The smallest absolute Gasteiger partial charge is 0.213 e. The van der Waals surface area contributed by atoms with Crippen LogP contribution in [0.15, 0.2) is 33.6 Å². The molecule has 0 aliphatic heterocycles. The summed E-state index contributed by atoms with van der Waals surface area (Å²) in [5.74, 6) is 2.10. The van der Waals surface area contributed by atoms with Crippen LogP contribution in [0.5, 0.6) is 28.9 Å². The number of hydrogen-bond donors (Lipinski definition) is 0. The molecule has 1 aromatic carbocycles. The highest BCUT2D eigenvalue weighted by Gasteiger charge is 2.27. The Morgan fingerprint density at radius 1 is 0.828 bits per heavy atom. The number of hydrogen-bond acceptors (Lipinski definition) is 8. The maximum atomic E-state index is 12.9. The highest BCUT2D eigenvalue weighted by Crippen LogP contribution is 2.49. The van der Waals surface area contributed by atoms with E-state index < -0.39 is 0 Å². The number of rotatable bonds is 8. The van der Waals surface area contributed by atoms with Crippen molar-refractivity contribution in [1.82, 2.24) is 4.98 Å². The maximum Gasteiger partial charge on any atom is 0.213 e. The van der Waals surface area contributed by atoms with Crippen LogP contribution in [0.2, 0.25) is 0 Å². The van der Waals surface area contributed by atoms with Crippen molar-refractivity contribution < 1.29 is 28.1 Å². The Labute approximate surface area is 167 Å². The van der Waals surface area contributed by atoms with Gasteiger partial charge in [0.2, 0.25) is 23.1 Å². The van der Waals surface area contributed by atoms with E-state index in [1.54, 1.807) is 13.3 Å². The van der Waals surface area contributed by atoms with Crippen LogP contribution in [0, 0.1) is 0 Å². The van der Waals surface area contributed by atoms with E-state index in [0.29, 0.717) is 30.2 Å². The highest BCUT2D eigenvalue weighted by atomic mass is 16.5. The molecule has 0 unspecified atom stereocenters. The normalized spacial score (nSPS) is 10.7. The minimum atomic E-state index is -0.260. The molecule has 0 atom stereocenters. The second kappa shape index (κ2) is 8.72. The Morgan fingerprint density at radius 2 is 1.48 bits per heavy atom. The van der Waals surface area contributed by atoms with Gasteiger partial charge >= 0.3 is 0 Å². The topological polar surface area (TPSA) is 89.3 Å². The lowest BCUT2D eigenvalue weighted by atomic mass is 10.1. The van der Waals surface area contributed by atoms with Gasteiger partial charge in [0, 0.05) is 24.8 Å². The lowest BCUT2D eigenvalue weighted by Crippen LogP contribution is -2.08. The molecule has 0 N–H and O–H groups in total. The molecule has 0 aliphatic rings. The molecule has 0 saturated heterocycles. The molecular weight excluding hydrogens is 378 g/mol. The molecule has 2 aromatic heterocycles. The van der Waals surface area contributed by atoms with Gasteiger partial charge < -0.3 is 28.1 Å². The molecular formula is C21H23NO7. The Balaban J connectivity index is 2.10. The van der Waals surface area contributed by atoms with Crippen molar-refractivity contribution in [3.63, 3.8) is 0 Å². The lowest BCUT2D eigenvalue weighted by Gasteiger charge is -2.17. The quantitative estimate of drug-likeness (QED) is 0.569. The monoisotopic (exact) mass is 401 g/mol. The number of benzene rings is 1. The van der Waals surface area contributed by atoms with Crippen LogP contribution >= 0.6 is 0 Å². The van der Waals surface area contributed by atoms with Gasteiger partial charge in [-0.1, -0.05) is 0 Å². The molecule has 0 radical (unpaired) electrons. The highest BCUT2D eigenvalue weighted by molar-refractivity contribution is 5.94. The summed E-state index contributed by atoms with van der Waals surface area (Å²) in [6.45, 7) is 0. The zero-order chi connectivity index (χ0) is 21.0. The van der Waals surface area contributed by atoms with Gasteiger partial charge in [-0.25, -0.2) is 4.98 Å². The summed E-state index contributed by atoms with van der Waals surface area (Å²) in [7, 11) is 7.43. The number of aryl methyl sites for hydroxylation is 2. The van der Waals surface area contributed by atoms with Crippen LogP contribution in [0.25, 0.3) is 11.0 Å². The second-order valence-corrected chi connectivity index (χ2v) is 6.12. The molecule has 0 spiro atoms. The van der Waals surface area contributed by atoms with Crippen molar-refractivity contribution in [3.8, 4) is 28.9 Å². The predicted octanol–water partition coefficient (Wildman–Crippen LogP) is 3.02. The summed E-state index contributed by atoms with van der Waals surface area (Å²) >= 11 is 0. The van der Waals surface area contributed by atoms with Gasteiger partial charge in [-0.15, -0.1) is 0 Å². The van der Waals surface area contributed by atoms with Crippen LogP contribution in [-0.4, -0.2) is 40.5 Å². The van der Waals surface area contributed by atoms with Gasteiger partial charge in [0.05, 0.1) is 35.5 Å². The summed E-state index contributed by atoms with van der Waals surface area (Å²) in [6.07, 6.45) is 2.81. The van der Waals surface area contributed by atoms with Crippen molar-refractivity contribution in [2.24, 2.45) is 0 Å². The van der Waals surface area contributed by atoms with Gasteiger partial charge in [-0.2, -0.15) is 0 Å². The third-order valence-corrected chi connectivity index (χ3v) is 4.54. The molecule has 0 aliphatic carbocycles. The molecule has 8 nitrogen and oxygen atoms in total. The minimum absolute atomic E-state index is 0.233. The van der Waals surface area contributed by atoms with E-state index >= 15 is 0 Å². The SMILES string of the molecule is COc1cc(CCc2cc(=O)c3c(OC)c(OC)c(OC)c(OC)c3o2)ccn1. The first-order valence-electron chi connectivity index (χ1n) is 8.89. The molecule has 29 heavy (non-hydrogen) atoms. The largest absolute Gasteiger partial charge is 0.492 e. The van der Waals surface area contributed by atoms with E-state index in [1.165, 1.54) is 34.5 Å². The average molecular weight is 401 g/mol. The average Bonchev–Trinajstić information content (AvgIpc) is 2.75. The number of nitrogens with zero attached hydrogens (tertiary/aromatic N) is 1. The van der Waals surface area contributed by atoms with Crippen LogP contribution < -0.4 is 29.1 Å². The molecule has 154 valence electrons. The predicted molar refractivity (Wildman–Crippen MR) is 107 cm³/mol. The van der Waals surface area contributed by atoms with Gasteiger partial charge in [0.1, 0.15) is 11.1 Å². The third-order valence-electron chi connectivity index (χ3n) is 4.54. The summed E-state index contributed by atoms with van der Waals surface area (Å²) in [4.78, 5) is 17.0. The fraction of sp³-hybridized carbons (Fsp3) is 0.333. The number of ether oxygens (including phenoxy) is 5. The van der Waals surface area contributed by atoms with Crippen molar-refractivity contribution >= 4 is 11.0 Å². The molecule has 0 amide bonds. The van der Waals surface area contributed by atoms with Crippen LogP contribution in [0.1, 0.15) is 11.3 Å². The van der Waals surface area contributed by atoms with E-state index in [2.05, 4.69) is 4.98 Å². The van der Waals surface area contributed by atoms with E-state index in [0.717, 1.165) is 5.56 Å². The van der Waals surface area contributed by atoms with Crippen molar-refractivity contribution in [1.29, 1.82) is 0 Å². The standard InChI is InChI=1S/C21H23NO7/c1-24-15-10-12(8-9-22-15)6-7-13-11-14(23)16-17(25-2)19(26-3)21(28-5)20(27-4)18(16)29-13/h8-11H,6-7H2,1-5H3. The summed E-state index contributed by atoms with van der Waals surface area (Å²) in [6, 6.07) is 5.18. The Kier molecular flexibility index (Phi) is 6.11. The Hall–Kier alpha value is -3.42. The number of pyridine rings is 1. The van der Waals surface area contributed by atoms with E-state index in [-0.39, 0.29) is 33.6 Å². The third kappa shape index (κ3) is 3.78. The Bertz CT molecular complexity index is 1070. The number of aromatic nitrogens is 1. The fourth-order valence-corrected chi connectivity index (χ4v) is 3.20. The summed E-state index contributed by atoms with van der Waals surface area (Å²) in [5, 5.41) is 0.233. The van der Waals surface area contributed by atoms with Crippen LogP contribution in [0.4, 0.5) is 0 Å². The fourth-order valence-electron chi connectivity index (χ4n) is 3.20. The van der Waals surface area contributed by atoms with Crippen molar-refractivity contribution in [2.45, 2.75) is 12.8 Å². The minimum Gasteiger partial charge on any atom is -0.492 e. The molecule has 3 aromatic rings. The second-order valence-electron chi connectivity index (χ2n) is 6.12. The summed E-state index contributed by atoms with van der Waals surface area (Å²) in [5.41, 5.74) is 0.998. The zero-order valence-electron chi connectivity index (χ0n) is 17.0. The first-order valence-corrected chi connectivity index (χ1v) is 8.89. The van der Waals surface area contributed by atoms with Gasteiger partial charge in [0.15, 0.2) is 16.8 Å². The van der Waals surface area contributed by atoms with Crippen LogP contribution in [0.3, 0.4) is 0 Å². The zero-order valence-corrected chi connectivity index (χ0v) is 17.0. The Morgan fingerprint density at radius 3 is 2.10 bits per heavy atom. The van der Waals surface area contributed by atoms with Gasteiger partial charge in [-0.05, 0) is 18.1 Å². The molecule has 3 rings (SSSR count).